The highest BCUT2D eigenvalue weighted by molar-refractivity contribution is 5.76. The van der Waals surface area contributed by atoms with E-state index in [1.807, 2.05) is 27.8 Å². The van der Waals surface area contributed by atoms with Crippen molar-refractivity contribution in [2.75, 3.05) is 6.54 Å². The van der Waals surface area contributed by atoms with Crippen molar-refractivity contribution in [3.05, 3.63) is 59.4 Å². The SMILES string of the molecule is CCCCCCC(=O)N(CCCC)Cc1cccn1Cc1cccc(C(F)(F)F)c1. The molecule has 2 rings (SSSR count). The molecular formula is C24H33F3N2O. The van der Waals surface area contributed by atoms with E-state index in [-0.39, 0.29) is 5.91 Å². The van der Waals surface area contributed by atoms with Gasteiger partial charge in [-0.2, -0.15) is 13.2 Å². The summed E-state index contributed by atoms with van der Waals surface area (Å²) < 4.78 is 40.9. The maximum atomic E-state index is 13.0. The summed E-state index contributed by atoms with van der Waals surface area (Å²) in [5.41, 5.74) is 0.888. The van der Waals surface area contributed by atoms with Crippen LogP contribution in [0.5, 0.6) is 0 Å². The minimum absolute atomic E-state index is 0.159. The number of unbranched alkanes of at least 4 members (excludes halogenated alkanes) is 4. The number of alkyl halides is 3. The van der Waals surface area contributed by atoms with E-state index < -0.39 is 11.7 Å². The molecule has 0 bridgehead atoms. The Morgan fingerprint density at radius 3 is 2.47 bits per heavy atom. The van der Waals surface area contributed by atoms with Crippen LogP contribution in [-0.2, 0) is 24.1 Å². The molecule has 3 nitrogen and oxygen atoms in total. The highest BCUT2D eigenvalue weighted by Gasteiger charge is 2.30. The van der Waals surface area contributed by atoms with E-state index in [4.69, 9.17) is 0 Å². The van der Waals surface area contributed by atoms with Gasteiger partial charge in [-0.25, -0.2) is 0 Å². The van der Waals surface area contributed by atoms with E-state index in [9.17, 15) is 18.0 Å². The number of halogens is 3. The van der Waals surface area contributed by atoms with Crippen molar-refractivity contribution in [2.45, 2.75) is 78.1 Å². The summed E-state index contributed by atoms with van der Waals surface area (Å²) in [4.78, 5) is 14.7. The summed E-state index contributed by atoms with van der Waals surface area (Å²) in [5, 5.41) is 0. The van der Waals surface area contributed by atoms with Gasteiger partial charge in [0, 0.05) is 31.4 Å². The Kier molecular flexibility index (Phi) is 9.47. The Morgan fingerprint density at radius 2 is 1.77 bits per heavy atom. The summed E-state index contributed by atoms with van der Waals surface area (Å²) in [6.45, 7) is 5.78. The van der Waals surface area contributed by atoms with Crippen molar-refractivity contribution >= 4 is 5.91 Å². The van der Waals surface area contributed by atoms with Crippen LogP contribution in [0.4, 0.5) is 13.2 Å². The predicted octanol–water partition coefficient (Wildman–Crippen LogP) is 6.65. The minimum Gasteiger partial charge on any atom is -0.345 e. The molecule has 0 saturated heterocycles. The summed E-state index contributed by atoms with van der Waals surface area (Å²) in [7, 11) is 0. The predicted molar refractivity (Wildman–Crippen MR) is 114 cm³/mol. The Bertz CT molecular complexity index is 783. The topological polar surface area (TPSA) is 25.2 Å². The summed E-state index contributed by atoms with van der Waals surface area (Å²) >= 11 is 0. The van der Waals surface area contributed by atoms with Crippen LogP contribution >= 0.6 is 0 Å². The second-order valence-corrected chi connectivity index (χ2v) is 7.81. The molecule has 0 spiro atoms. The van der Waals surface area contributed by atoms with E-state index >= 15 is 0 Å². The van der Waals surface area contributed by atoms with Crippen LogP contribution in [0.2, 0.25) is 0 Å². The van der Waals surface area contributed by atoms with Crippen molar-refractivity contribution in [1.29, 1.82) is 0 Å². The van der Waals surface area contributed by atoms with Gasteiger partial charge in [0.25, 0.3) is 0 Å². The third-order valence-corrected chi connectivity index (χ3v) is 5.26. The zero-order valence-electron chi connectivity index (χ0n) is 18.0. The Hall–Kier alpha value is -2.24. The molecule has 0 saturated carbocycles. The van der Waals surface area contributed by atoms with E-state index in [1.165, 1.54) is 12.1 Å². The third kappa shape index (κ3) is 7.54. The van der Waals surface area contributed by atoms with Crippen molar-refractivity contribution in [2.24, 2.45) is 0 Å². The molecule has 1 aromatic heterocycles. The van der Waals surface area contributed by atoms with Gasteiger partial charge in [-0.3, -0.25) is 4.79 Å². The smallest absolute Gasteiger partial charge is 0.345 e. The lowest BCUT2D eigenvalue weighted by molar-refractivity contribution is -0.137. The number of aromatic nitrogens is 1. The maximum absolute atomic E-state index is 13.0. The van der Waals surface area contributed by atoms with Gasteiger partial charge in [0.1, 0.15) is 0 Å². The van der Waals surface area contributed by atoms with Gasteiger partial charge in [-0.1, -0.05) is 51.7 Å². The van der Waals surface area contributed by atoms with Crippen molar-refractivity contribution in [3.8, 4) is 0 Å². The van der Waals surface area contributed by atoms with Crippen LogP contribution < -0.4 is 0 Å². The van der Waals surface area contributed by atoms with E-state index in [0.29, 0.717) is 31.6 Å². The quantitative estimate of drug-likeness (QED) is 0.351. The van der Waals surface area contributed by atoms with Gasteiger partial charge < -0.3 is 9.47 Å². The second-order valence-electron chi connectivity index (χ2n) is 7.81. The molecule has 0 N–H and O–H groups in total. The zero-order chi connectivity index (χ0) is 22.0. The number of benzene rings is 1. The molecule has 0 fully saturated rings. The molecule has 0 unspecified atom stereocenters. The van der Waals surface area contributed by atoms with Crippen LogP contribution in [0.1, 0.15) is 75.6 Å². The Morgan fingerprint density at radius 1 is 1.00 bits per heavy atom. The number of amides is 1. The van der Waals surface area contributed by atoms with E-state index in [2.05, 4.69) is 13.8 Å². The average molecular weight is 423 g/mol. The van der Waals surface area contributed by atoms with Gasteiger partial charge >= 0.3 is 6.18 Å². The Balaban J connectivity index is 2.08. The van der Waals surface area contributed by atoms with Crippen LogP contribution in [0.3, 0.4) is 0 Å². The lowest BCUT2D eigenvalue weighted by Crippen LogP contribution is -2.32. The minimum atomic E-state index is -4.35. The third-order valence-electron chi connectivity index (χ3n) is 5.26. The van der Waals surface area contributed by atoms with E-state index in [1.54, 1.807) is 6.07 Å². The molecule has 0 aliphatic heterocycles. The first-order valence-electron chi connectivity index (χ1n) is 10.9. The summed E-state index contributed by atoms with van der Waals surface area (Å²) in [6, 6.07) is 9.24. The first-order chi connectivity index (χ1) is 14.3. The number of nitrogens with zero attached hydrogens (tertiary/aromatic N) is 2. The van der Waals surface area contributed by atoms with Crippen LogP contribution in [-0.4, -0.2) is 21.9 Å². The number of carbonyl (C=O) groups is 1. The number of hydrogen-bond acceptors (Lipinski definition) is 1. The summed E-state index contributed by atoms with van der Waals surface area (Å²) in [5.74, 6) is 0.159. The van der Waals surface area contributed by atoms with Gasteiger partial charge in [0.05, 0.1) is 12.1 Å². The number of rotatable bonds is 12. The lowest BCUT2D eigenvalue weighted by atomic mass is 10.1. The first-order valence-corrected chi connectivity index (χ1v) is 10.9. The van der Waals surface area contributed by atoms with Crippen LogP contribution in [0.15, 0.2) is 42.6 Å². The van der Waals surface area contributed by atoms with Gasteiger partial charge in [-0.05, 0) is 42.7 Å². The monoisotopic (exact) mass is 422 g/mol. The largest absolute Gasteiger partial charge is 0.416 e. The van der Waals surface area contributed by atoms with Crippen LogP contribution in [0.25, 0.3) is 0 Å². The molecule has 30 heavy (non-hydrogen) atoms. The highest BCUT2D eigenvalue weighted by Crippen LogP contribution is 2.29. The maximum Gasteiger partial charge on any atom is 0.416 e. The molecule has 0 aliphatic carbocycles. The molecule has 0 aliphatic rings. The fourth-order valence-corrected chi connectivity index (χ4v) is 3.49. The molecular weight excluding hydrogens is 389 g/mol. The zero-order valence-corrected chi connectivity index (χ0v) is 18.0. The Labute approximate surface area is 177 Å². The first kappa shape index (κ1) is 24.0. The molecule has 1 heterocycles. The van der Waals surface area contributed by atoms with Crippen molar-refractivity contribution in [1.82, 2.24) is 9.47 Å². The standard InChI is InChI=1S/C24H33F3N2O/c1-3-5-7-8-14-23(30)29(15-6-4-2)19-22-13-10-16-28(22)18-20-11-9-12-21(17-20)24(25,26)27/h9-13,16-17H,3-8,14-15,18-19H2,1-2H3. The number of carbonyl (C=O) groups excluding carboxylic acids is 1. The van der Waals surface area contributed by atoms with E-state index in [0.717, 1.165) is 50.3 Å². The molecule has 0 atom stereocenters. The van der Waals surface area contributed by atoms with Crippen molar-refractivity contribution < 1.29 is 18.0 Å². The molecule has 2 aromatic rings. The lowest BCUT2D eigenvalue weighted by Gasteiger charge is -2.24. The van der Waals surface area contributed by atoms with Gasteiger partial charge in [-0.15, -0.1) is 0 Å². The fourth-order valence-electron chi connectivity index (χ4n) is 3.49. The highest BCUT2D eigenvalue weighted by atomic mass is 19.4. The summed E-state index contributed by atoms with van der Waals surface area (Å²) in [6.07, 6.45) is 4.25. The fraction of sp³-hybridized carbons (Fsp3) is 0.542. The molecule has 166 valence electrons. The van der Waals surface area contributed by atoms with Gasteiger partial charge in [0.15, 0.2) is 0 Å². The molecule has 1 amide bonds. The van der Waals surface area contributed by atoms with Crippen LogP contribution in [0, 0.1) is 0 Å². The molecule has 0 radical (unpaired) electrons. The second kappa shape index (κ2) is 11.8. The average Bonchev–Trinajstić information content (AvgIpc) is 3.14. The normalized spacial score (nSPS) is 11.6. The van der Waals surface area contributed by atoms with Gasteiger partial charge in [0.2, 0.25) is 5.91 Å². The molecule has 1 aromatic carbocycles. The van der Waals surface area contributed by atoms with Crippen molar-refractivity contribution in [3.63, 3.8) is 0 Å². The number of hydrogen-bond donors (Lipinski definition) is 0. The molecule has 6 heteroatoms.